The molecule has 1 aromatic rings. The zero-order valence-electron chi connectivity index (χ0n) is 9.77. The quantitative estimate of drug-likeness (QED) is 0.821. The van der Waals surface area contributed by atoms with Crippen LogP contribution in [0.1, 0.15) is 24.2 Å². The van der Waals surface area contributed by atoms with E-state index in [1.54, 1.807) is 18.2 Å². The fourth-order valence-electron chi connectivity index (χ4n) is 1.27. The summed E-state index contributed by atoms with van der Waals surface area (Å²) in [4.78, 5) is 11.0. The molecule has 1 rings (SSSR count). The number of carbonyl (C=O) groups is 1. The van der Waals surface area contributed by atoms with Crippen LogP contribution in [0.5, 0.6) is 5.75 Å². The molecule has 0 heterocycles. The highest BCUT2D eigenvalue weighted by Gasteiger charge is 2.14. The molecule has 0 aromatic heterocycles. The Morgan fingerprint density at radius 3 is 2.71 bits per heavy atom. The van der Waals surface area contributed by atoms with Crippen molar-refractivity contribution >= 4 is 21.9 Å². The number of carboxylic acids is 1. The molecule has 0 aliphatic carbocycles. The third-order valence-corrected chi connectivity index (χ3v) is 2.64. The van der Waals surface area contributed by atoms with Crippen LogP contribution in [-0.4, -0.2) is 30.4 Å². The van der Waals surface area contributed by atoms with Crippen LogP contribution >= 0.6 is 15.9 Å². The number of benzene rings is 1. The number of rotatable bonds is 6. The summed E-state index contributed by atoms with van der Waals surface area (Å²) in [5, 5.41) is 9.05. The highest BCUT2D eigenvalue weighted by atomic mass is 79.9. The Labute approximate surface area is 109 Å². The number of hydrogen-bond acceptors (Lipinski definition) is 3. The lowest BCUT2D eigenvalue weighted by Gasteiger charge is -2.11. The van der Waals surface area contributed by atoms with Gasteiger partial charge in [0.15, 0.2) is 0 Å². The molecule has 0 amide bonds. The average molecular weight is 303 g/mol. The number of halogens is 1. The molecule has 0 atom stereocenters. The van der Waals surface area contributed by atoms with E-state index < -0.39 is 5.97 Å². The molecular formula is C12H15BrO4. The summed E-state index contributed by atoms with van der Waals surface area (Å²) >= 11 is 3.19. The molecule has 0 radical (unpaired) electrons. The first-order valence-electron chi connectivity index (χ1n) is 5.28. The maximum absolute atomic E-state index is 11.0. The van der Waals surface area contributed by atoms with Gasteiger partial charge in [0.1, 0.15) is 17.9 Å². The van der Waals surface area contributed by atoms with Gasteiger partial charge in [-0.15, -0.1) is 0 Å². The zero-order chi connectivity index (χ0) is 12.8. The van der Waals surface area contributed by atoms with E-state index in [2.05, 4.69) is 15.9 Å². The van der Waals surface area contributed by atoms with Gasteiger partial charge in [0.2, 0.25) is 0 Å². The van der Waals surface area contributed by atoms with E-state index in [1.165, 1.54) is 0 Å². The molecule has 0 aliphatic heterocycles. The summed E-state index contributed by atoms with van der Waals surface area (Å²) in [5.74, 6) is -0.670. The molecule has 94 valence electrons. The monoisotopic (exact) mass is 302 g/mol. The molecule has 0 bridgehead atoms. The van der Waals surface area contributed by atoms with Crippen LogP contribution in [0.4, 0.5) is 0 Å². The van der Waals surface area contributed by atoms with E-state index in [0.29, 0.717) is 23.4 Å². The molecule has 5 heteroatoms. The lowest BCUT2D eigenvalue weighted by molar-refractivity contribution is 0.0538. The number of ether oxygens (including phenoxy) is 2. The highest BCUT2D eigenvalue weighted by molar-refractivity contribution is 9.10. The summed E-state index contributed by atoms with van der Waals surface area (Å²) < 4.78 is 11.2. The maximum atomic E-state index is 11.0. The molecule has 0 saturated heterocycles. The minimum Gasteiger partial charge on any atom is -0.490 e. The third-order valence-electron chi connectivity index (χ3n) is 1.98. The van der Waals surface area contributed by atoms with E-state index in [9.17, 15) is 4.79 Å². The van der Waals surface area contributed by atoms with Crippen molar-refractivity contribution in [3.63, 3.8) is 0 Å². The minimum absolute atomic E-state index is 0.136. The van der Waals surface area contributed by atoms with Crippen LogP contribution in [0.15, 0.2) is 22.7 Å². The lowest BCUT2D eigenvalue weighted by atomic mass is 10.2. The molecule has 1 N–H and O–H groups in total. The first-order valence-corrected chi connectivity index (χ1v) is 6.08. The van der Waals surface area contributed by atoms with Crippen molar-refractivity contribution in [3.05, 3.63) is 28.2 Å². The molecule has 0 fully saturated rings. The summed E-state index contributed by atoms with van der Waals surface area (Å²) in [6.07, 6.45) is 0.139. The van der Waals surface area contributed by atoms with Crippen LogP contribution in [0.3, 0.4) is 0 Å². The predicted molar refractivity (Wildman–Crippen MR) is 67.7 cm³/mol. The average Bonchev–Trinajstić information content (AvgIpc) is 2.23. The van der Waals surface area contributed by atoms with Gasteiger partial charge in [0.05, 0.1) is 12.7 Å². The Bertz CT molecular complexity index is 390. The molecule has 1 aromatic carbocycles. The SMILES string of the molecule is CC(C)OCCOc1cccc(Br)c1C(=O)O. The Morgan fingerprint density at radius 1 is 1.41 bits per heavy atom. The first kappa shape index (κ1) is 14.0. The van der Waals surface area contributed by atoms with Crippen LogP contribution in [0.2, 0.25) is 0 Å². The number of carboxylic acid groups (broad SMARTS) is 1. The maximum Gasteiger partial charge on any atom is 0.340 e. The van der Waals surface area contributed by atoms with Crippen LogP contribution in [-0.2, 0) is 4.74 Å². The Morgan fingerprint density at radius 2 is 2.12 bits per heavy atom. The van der Waals surface area contributed by atoms with E-state index >= 15 is 0 Å². The smallest absolute Gasteiger partial charge is 0.340 e. The van der Waals surface area contributed by atoms with Crippen LogP contribution in [0.25, 0.3) is 0 Å². The molecule has 4 nitrogen and oxygen atoms in total. The molecule has 0 unspecified atom stereocenters. The zero-order valence-corrected chi connectivity index (χ0v) is 11.4. The predicted octanol–water partition coefficient (Wildman–Crippen LogP) is 2.95. The van der Waals surface area contributed by atoms with Crippen molar-refractivity contribution in [2.45, 2.75) is 20.0 Å². The summed E-state index contributed by atoms with van der Waals surface area (Å²) in [6, 6.07) is 5.03. The third kappa shape index (κ3) is 4.36. The summed E-state index contributed by atoms with van der Waals surface area (Å²) in [7, 11) is 0. The van der Waals surface area contributed by atoms with E-state index in [0.717, 1.165) is 0 Å². The van der Waals surface area contributed by atoms with Gasteiger partial charge in [-0.05, 0) is 41.9 Å². The Balaban J connectivity index is 2.64. The van der Waals surface area contributed by atoms with E-state index in [4.69, 9.17) is 14.6 Å². The van der Waals surface area contributed by atoms with Crippen molar-refractivity contribution in [1.82, 2.24) is 0 Å². The van der Waals surface area contributed by atoms with E-state index in [1.807, 2.05) is 13.8 Å². The Kier molecular flexibility index (Phi) is 5.44. The van der Waals surface area contributed by atoms with Crippen molar-refractivity contribution in [3.8, 4) is 5.75 Å². The van der Waals surface area contributed by atoms with Gasteiger partial charge < -0.3 is 14.6 Å². The van der Waals surface area contributed by atoms with Gasteiger partial charge >= 0.3 is 5.97 Å². The highest BCUT2D eigenvalue weighted by Crippen LogP contribution is 2.26. The van der Waals surface area contributed by atoms with Crippen molar-refractivity contribution in [2.75, 3.05) is 13.2 Å². The Hall–Kier alpha value is -1.07. The lowest BCUT2D eigenvalue weighted by Crippen LogP contribution is -2.13. The van der Waals surface area contributed by atoms with Gasteiger partial charge in [0, 0.05) is 4.47 Å². The number of hydrogen-bond donors (Lipinski definition) is 1. The van der Waals surface area contributed by atoms with Crippen LogP contribution in [0, 0.1) is 0 Å². The summed E-state index contributed by atoms with van der Waals surface area (Å²) in [5.41, 5.74) is 0.136. The standard InChI is InChI=1S/C12H15BrO4/c1-8(2)16-6-7-17-10-5-3-4-9(13)11(10)12(14)15/h3-5,8H,6-7H2,1-2H3,(H,14,15). The second-order valence-electron chi connectivity index (χ2n) is 3.69. The molecular weight excluding hydrogens is 288 g/mol. The molecule has 0 aliphatic rings. The van der Waals surface area contributed by atoms with Gasteiger partial charge in [-0.3, -0.25) is 0 Å². The second-order valence-corrected chi connectivity index (χ2v) is 4.54. The molecule has 17 heavy (non-hydrogen) atoms. The largest absolute Gasteiger partial charge is 0.490 e. The minimum atomic E-state index is -1.02. The number of aromatic carboxylic acids is 1. The normalized spacial score (nSPS) is 10.6. The van der Waals surface area contributed by atoms with Gasteiger partial charge in [0.25, 0.3) is 0 Å². The van der Waals surface area contributed by atoms with Gasteiger partial charge in [-0.25, -0.2) is 4.79 Å². The van der Waals surface area contributed by atoms with Crippen molar-refractivity contribution in [1.29, 1.82) is 0 Å². The van der Waals surface area contributed by atoms with Crippen molar-refractivity contribution < 1.29 is 19.4 Å². The second kappa shape index (κ2) is 6.61. The van der Waals surface area contributed by atoms with E-state index in [-0.39, 0.29) is 11.7 Å². The fraction of sp³-hybridized carbons (Fsp3) is 0.417. The summed E-state index contributed by atoms with van der Waals surface area (Å²) in [6.45, 7) is 4.63. The van der Waals surface area contributed by atoms with Gasteiger partial charge in [-0.1, -0.05) is 6.07 Å². The topological polar surface area (TPSA) is 55.8 Å². The van der Waals surface area contributed by atoms with Crippen molar-refractivity contribution in [2.24, 2.45) is 0 Å². The molecule has 0 saturated carbocycles. The first-order chi connectivity index (χ1) is 8.02. The fourth-order valence-corrected chi connectivity index (χ4v) is 1.79. The molecule has 0 spiro atoms. The van der Waals surface area contributed by atoms with Crippen LogP contribution < -0.4 is 4.74 Å². The van der Waals surface area contributed by atoms with Gasteiger partial charge in [-0.2, -0.15) is 0 Å².